The molecule has 0 aliphatic heterocycles. The van der Waals surface area contributed by atoms with Gasteiger partial charge in [-0.25, -0.2) is 14.6 Å². The van der Waals surface area contributed by atoms with Crippen LogP contribution in [-0.2, 0) is 4.74 Å². The number of para-hydroxylation sites is 2. The fourth-order valence-corrected chi connectivity index (χ4v) is 4.10. The van der Waals surface area contributed by atoms with E-state index in [0.29, 0.717) is 5.95 Å². The predicted molar refractivity (Wildman–Crippen MR) is 148 cm³/mol. The van der Waals surface area contributed by atoms with Gasteiger partial charge in [0.2, 0.25) is 5.95 Å². The van der Waals surface area contributed by atoms with Gasteiger partial charge in [0.15, 0.2) is 0 Å². The molecule has 0 atom stereocenters. The molecule has 4 aromatic carbocycles. The number of hydrogen-bond acceptors (Lipinski definition) is 5. The van der Waals surface area contributed by atoms with E-state index in [2.05, 4.69) is 42.8 Å². The summed E-state index contributed by atoms with van der Waals surface area (Å²) >= 11 is 1.67. The van der Waals surface area contributed by atoms with Crippen molar-refractivity contribution in [2.45, 2.75) is 9.79 Å². The van der Waals surface area contributed by atoms with E-state index in [1.165, 1.54) is 12.0 Å². The first-order chi connectivity index (χ1) is 18.1. The number of rotatable bonds is 5. The Bertz CT molecular complexity index is 1400. The zero-order valence-electron chi connectivity index (χ0n) is 20.0. The Kier molecular flexibility index (Phi) is 8.77. The third-order valence-electron chi connectivity index (χ3n) is 4.90. The van der Waals surface area contributed by atoms with E-state index in [-0.39, 0.29) is 6.03 Å². The van der Waals surface area contributed by atoms with Crippen molar-refractivity contribution in [2.75, 3.05) is 23.1 Å². The number of nitrogens with zero attached hydrogens (tertiary/aromatic N) is 1. The third kappa shape index (κ3) is 7.87. The molecule has 5 aromatic rings. The van der Waals surface area contributed by atoms with Crippen LogP contribution >= 0.6 is 11.8 Å². The van der Waals surface area contributed by atoms with Crippen molar-refractivity contribution in [1.29, 1.82) is 0 Å². The number of urea groups is 1. The number of carbonyl (C=O) groups excluding carboxylic acids is 2. The van der Waals surface area contributed by atoms with Crippen LogP contribution in [-0.4, -0.2) is 29.2 Å². The van der Waals surface area contributed by atoms with Gasteiger partial charge in [-0.05, 0) is 54.6 Å². The van der Waals surface area contributed by atoms with E-state index in [1.807, 2.05) is 97.1 Å². The van der Waals surface area contributed by atoms with Crippen molar-refractivity contribution in [3.05, 3.63) is 109 Å². The van der Waals surface area contributed by atoms with Crippen LogP contribution in [0.25, 0.3) is 11.0 Å². The number of anilines is 3. The number of aromatic amines is 1. The van der Waals surface area contributed by atoms with Gasteiger partial charge in [-0.15, -0.1) is 0 Å². The van der Waals surface area contributed by atoms with Crippen molar-refractivity contribution in [3.63, 3.8) is 0 Å². The summed E-state index contributed by atoms with van der Waals surface area (Å²) in [6, 6.07) is 34.5. The number of methoxy groups -OCH3 is 1. The highest BCUT2D eigenvalue weighted by molar-refractivity contribution is 7.99. The first-order valence-electron chi connectivity index (χ1n) is 11.3. The normalized spacial score (nSPS) is 10.1. The predicted octanol–water partition coefficient (Wildman–Crippen LogP) is 7.22. The topological polar surface area (TPSA) is 108 Å². The van der Waals surface area contributed by atoms with Gasteiger partial charge in [-0.1, -0.05) is 66.4 Å². The lowest BCUT2D eigenvalue weighted by molar-refractivity contribution is 0.186. The molecule has 0 radical (unpaired) electrons. The molecule has 1 heterocycles. The molecule has 1 aromatic heterocycles. The number of imidazole rings is 1. The van der Waals surface area contributed by atoms with Crippen LogP contribution in [0.15, 0.2) is 119 Å². The molecule has 0 aliphatic rings. The first kappa shape index (κ1) is 25.3. The van der Waals surface area contributed by atoms with E-state index in [1.54, 1.807) is 11.8 Å². The SMILES string of the molecule is COC(=O)Nc1nc2ccc(Sc3ccccc3)cc2[nH]1.O=C(Nc1ccccc1)Nc1ccccc1. The minimum absolute atomic E-state index is 0.239. The van der Waals surface area contributed by atoms with Gasteiger partial charge < -0.3 is 20.4 Å². The fraction of sp³-hybridized carbons (Fsp3) is 0.0357. The zero-order chi connectivity index (χ0) is 25.9. The van der Waals surface area contributed by atoms with E-state index >= 15 is 0 Å². The Morgan fingerprint density at radius 1 is 0.730 bits per heavy atom. The lowest BCUT2D eigenvalue weighted by Gasteiger charge is -2.06. The van der Waals surface area contributed by atoms with Crippen LogP contribution in [0.2, 0.25) is 0 Å². The molecule has 3 amide bonds. The summed E-state index contributed by atoms with van der Waals surface area (Å²) in [5, 5.41) is 8.00. The van der Waals surface area contributed by atoms with E-state index < -0.39 is 6.09 Å². The second kappa shape index (κ2) is 12.8. The lowest BCUT2D eigenvalue weighted by Crippen LogP contribution is -2.19. The Hall–Kier alpha value is -4.76. The number of aromatic nitrogens is 2. The smallest absolute Gasteiger partial charge is 0.413 e. The van der Waals surface area contributed by atoms with E-state index in [0.717, 1.165) is 27.3 Å². The molecule has 0 spiro atoms. The molecule has 5 rings (SSSR count). The number of nitrogens with one attached hydrogen (secondary N) is 4. The average Bonchev–Trinajstić information content (AvgIpc) is 3.32. The minimum Gasteiger partial charge on any atom is -0.453 e. The number of amides is 3. The summed E-state index contributed by atoms with van der Waals surface area (Å²) in [5.74, 6) is 0.374. The number of fused-ring (bicyclic) bond motifs is 1. The quantitative estimate of drug-likeness (QED) is 0.199. The molecule has 9 heteroatoms. The highest BCUT2D eigenvalue weighted by Crippen LogP contribution is 2.29. The van der Waals surface area contributed by atoms with Gasteiger partial charge in [0.1, 0.15) is 0 Å². The zero-order valence-corrected chi connectivity index (χ0v) is 20.8. The van der Waals surface area contributed by atoms with Crippen molar-refractivity contribution < 1.29 is 14.3 Å². The summed E-state index contributed by atoms with van der Waals surface area (Å²) in [4.78, 5) is 32.3. The van der Waals surface area contributed by atoms with Crippen LogP contribution in [0, 0.1) is 0 Å². The molecule has 0 saturated carbocycles. The van der Waals surface area contributed by atoms with E-state index in [9.17, 15) is 9.59 Å². The van der Waals surface area contributed by atoms with Crippen LogP contribution in [0.5, 0.6) is 0 Å². The van der Waals surface area contributed by atoms with Crippen molar-refractivity contribution >= 4 is 52.2 Å². The lowest BCUT2D eigenvalue weighted by atomic mass is 10.3. The Morgan fingerprint density at radius 2 is 1.30 bits per heavy atom. The second-order valence-electron chi connectivity index (χ2n) is 7.61. The highest BCUT2D eigenvalue weighted by Gasteiger charge is 2.07. The highest BCUT2D eigenvalue weighted by atomic mass is 32.2. The molecule has 0 fully saturated rings. The van der Waals surface area contributed by atoms with Crippen molar-refractivity contribution in [2.24, 2.45) is 0 Å². The fourth-order valence-electron chi connectivity index (χ4n) is 3.22. The first-order valence-corrected chi connectivity index (χ1v) is 12.2. The molecule has 37 heavy (non-hydrogen) atoms. The number of ether oxygens (including phenoxy) is 1. The summed E-state index contributed by atoms with van der Waals surface area (Å²) in [5.41, 5.74) is 3.20. The summed E-state index contributed by atoms with van der Waals surface area (Å²) in [6.07, 6.45) is -0.548. The van der Waals surface area contributed by atoms with Crippen LogP contribution < -0.4 is 16.0 Å². The molecular weight excluding hydrogens is 486 g/mol. The average molecular weight is 512 g/mol. The number of carbonyl (C=O) groups is 2. The Balaban J connectivity index is 0.000000180. The summed E-state index contributed by atoms with van der Waals surface area (Å²) < 4.78 is 4.54. The molecule has 4 N–H and O–H groups in total. The van der Waals surface area contributed by atoms with Crippen molar-refractivity contribution in [1.82, 2.24) is 9.97 Å². The van der Waals surface area contributed by atoms with Crippen molar-refractivity contribution in [3.8, 4) is 0 Å². The monoisotopic (exact) mass is 511 g/mol. The summed E-state index contributed by atoms with van der Waals surface area (Å²) in [6.45, 7) is 0. The Labute approximate surface area is 218 Å². The number of hydrogen-bond donors (Lipinski definition) is 4. The Morgan fingerprint density at radius 3 is 1.86 bits per heavy atom. The van der Waals surface area contributed by atoms with Gasteiger partial charge in [0, 0.05) is 21.2 Å². The van der Waals surface area contributed by atoms with E-state index in [4.69, 9.17) is 0 Å². The standard InChI is InChI=1S/C15H13N3O2S.C13H12N2O/c1-20-15(19)18-14-16-12-8-7-11(9-13(12)17-14)21-10-5-3-2-4-6-10;16-13(14-11-7-3-1-4-8-11)15-12-9-5-2-6-10-12/h2-9H,1H3,(H2,16,17,18,19);1-10H,(H2,14,15,16). The maximum absolute atomic E-state index is 11.6. The van der Waals surface area contributed by atoms with Crippen LogP contribution in [0.4, 0.5) is 26.9 Å². The maximum Gasteiger partial charge on any atom is 0.413 e. The largest absolute Gasteiger partial charge is 0.453 e. The van der Waals surface area contributed by atoms with Crippen LogP contribution in [0.1, 0.15) is 0 Å². The number of benzene rings is 4. The molecule has 186 valence electrons. The summed E-state index contributed by atoms with van der Waals surface area (Å²) in [7, 11) is 1.31. The number of H-pyrrole nitrogens is 1. The molecule has 0 unspecified atom stereocenters. The third-order valence-corrected chi connectivity index (χ3v) is 5.90. The van der Waals surface area contributed by atoms with Gasteiger partial charge >= 0.3 is 12.1 Å². The van der Waals surface area contributed by atoms with Gasteiger partial charge in [0.25, 0.3) is 0 Å². The molecule has 8 nitrogen and oxygen atoms in total. The van der Waals surface area contributed by atoms with Crippen LogP contribution in [0.3, 0.4) is 0 Å². The molecule has 0 bridgehead atoms. The molecular formula is C28H25N5O3S. The van der Waals surface area contributed by atoms with Gasteiger partial charge in [0.05, 0.1) is 18.1 Å². The van der Waals surface area contributed by atoms with Gasteiger partial charge in [-0.2, -0.15) is 0 Å². The second-order valence-corrected chi connectivity index (χ2v) is 8.75. The maximum atomic E-state index is 11.6. The van der Waals surface area contributed by atoms with Gasteiger partial charge in [-0.3, -0.25) is 5.32 Å². The molecule has 0 aliphatic carbocycles. The minimum atomic E-state index is -0.548. The molecule has 0 saturated heterocycles.